The Bertz CT molecular complexity index is 1140. The van der Waals surface area contributed by atoms with Gasteiger partial charge in [-0.25, -0.2) is 0 Å². The molecule has 1 atom stereocenters. The van der Waals surface area contributed by atoms with E-state index in [2.05, 4.69) is 34.6 Å². The standard InChI is InChI=1S/C30H40N2O4/c1-19(2)18-36-23-13-14-24(20(3)17-23)27(33)25-26(21-9-11-22(12-10-21)30(4,5)6)32(16-15-31(7)8)29(35)28(25)34/h9-14,17,19,26,33H,15-16,18H2,1-8H3. The molecule has 194 valence electrons. The predicted molar refractivity (Wildman–Crippen MR) is 144 cm³/mol. The fourth-order valence-electron chi connectivity index (χ4n) is 4.33. The third kappa shape index (κ3) is 5.98. The number of aryl methyl sites for hydroxylation is 1. The Hall–Kier alpha value is -3.12. The molecule has 0 aliphatic carbocycles. The largest absolute Gasteiger partial charge is 0.507 e. The number of carbonyl (C=O) groups excluding carboxylic acids is 2. The van der Waals surface area contributed by atoms with Gasteiger partial charge in [0.2, 0.25) is 0 Å². The first-order chi connectivity index (χ1) is 16.8. The van der Waals surface area contributed by atoms with Crippen molar-refractivity contribution in [1.82, 2.24) is 9.80 Å². The first-order valence-electron chi connectivity index (χ1n) is 12.6. The maximum Gasteiger partial charge on any atom is 0.295 e. The predicted octanol–water partition coefficient (Wildman–Crippen LogP) is 5.31. The number of aliphatic hydroxyl groups is 1. The van der Waals surface area contributed by atoms with E-state index in [0.717, 1.165) is 16.7 Å². The van der Waals surface area contributed by atoms with Crippen molar-refractivity contribution in [3.63, 3.8) is 0 Å². The molecule has 0 spiro atoms. The maximum atomic E-state index is 13.3. The summed E-state index contributed by atoms with van der Waals surface area (Å²) in [5.41, 5.74) is 3.35. The van der Waals surface area contributed by atoms with Crippen LogP contribution in [-0.2, 0) is 15.0 Å². The summed E-state index contributed by atoms with van der Waals surface area (Å²) in [7, 11) is 3.85. The zero-order valence-corrected chi connectivity index (χ0v) is 22.9. The molecular formula is C30H40N2O4. The van der Waals surface area contributed by atoms with Gasteiger partial charge in [-0.2, -0.15) is 0 Å². The van der Waals surface area contributed by atoms with Crippen LogP contribution >= 0.6 is 0 Å². The van der Waals surface area contributed by atoms with Crippen LogP contribution in [-0.4, -0.2) is 60.4 Å². The number of benzene rings is 2. The Morgan fingerprint density at radius 2 is 1.72 bits per heavy atom. The molecule has 1 N–H and O–H groups in total. The summed E-state index contributed by atoms with van der Waals surface area (Å²) in [4.78, 5) is 30.0. The molecule has 6 nitrogen and oxygen atoms in total. The van der Waals surface area contributed by atoms with Gasteiger partial charge in [0, 0.05) is 18.7 Å². The van der Waals surface area contributed by atoms with E-state index in [1.165, 1.54) is 0 Å². The summed E-state index contributed by atoms with van der Waals surface area (Å²) < 4.78 is 5.82. The van der Waals surface area contributed by atoms with Crippen molar-refractivity contribution in [3.8, 4) is 5.75 Å². The van der Waals surface area contributed by atoms with E-state index < -0.39 is 17.7 Å². The summed E-state index contributed by atoms with van der Waals surface area (Å²) >= 11 is 0. The minimum atomic E-state index is -0.657. The number of hydrogen-bond donors (Lipinski definition) is 1. The highest BCUT2D eigenvalue weighted by Crippen LogP contribution is 2.40. The van der Waals surface area contributed by atoms with Crippen LogP contribution in [0.4, 0.5) is 0 Å². The van der Waals surface area contributed by atoms with Gasteiger partial charge in [-0.1, -0.05) is 58.9 Å². The summed E-state index contributed by atoms with van der Waals surface area (Å²) in [5.74, 6) is -0.299. The summed E-state index contributed by atoms with van der Waals surface area (Å²) in [6, 6.07) is 12.7. The molecule has 0 radical (unpaired) electrons. The lowest BCUT2D eigenvalue weighted by atomic mass is 9.85. The van der Waals surface area contributed by atoms with Crippen molar-refractivity contribution in [3.05, 3.63) is 70.3 Å². The lowest BCUT2D eigenvalue weighted by Crippen LogP contribution is -2.35. The minimum absolute atomic E-state index is 0.0260. The Kier molecular flexibility index (Phi) is 8.29. The number of aliphatic hydroxyl groups excluding tert-OH is 1. The number of rotatable bonds is 8. The quantitative estimate of drug-likeness (QED) is 0.307. The topological polar surface area (TPSA) is 70.1 Å². The Balaban J connectivity index is 2.10. The van der Waals surface area contributed by atoms with Gasteiger partial charge in [0.05, 0.1) is 18.2 Å². The SMILES string of the molecule is Cc1cc(OCC(C)C)ccc1C(O)=C1C(=O)C(=O)N(CCN(C)C)C1c1ccc(C(C)(C)C)cc1. The highest BCUT2D eigenvalue weighted by atomic mass is 16.5. The van der Waals surface area contributed by atoms with Crippen molar-refractivity contribution in [2.45, 2.75) is 53.0 Å². The van der Waals surface area contributed by atoms with E-state index in [4.69, 9.17) is 4.74 Å². The van der Waals surface area contributed by atoms with Gasteiger partial charge in [0.1, 0.15) is 11.5 Å². The van der Waals surface area contributed by atoms with Crippen LogP contribution in [0.5, 0.6) is 5.75 Å². The highest BCUT2D eigenvalue weighted by Gasteiger charge is 2.46. The van der Waals surface area contributed by atoms with Crippen LogP contribution in [0.15, 0.2) is 48.0 Å². The zero-order chi connectivity index (χ0) is 26.8. The average Bonchev–Trinajstić information content (AvgIpc) is 3.05. The molecule has 0 bridgehead atoms. The second kappa shape index (κ2) is 10.9. The monoisotopic (exact) mass is 492 g/mol. The van der Waals surface area contributed by atoms with Crippen LogP contribution < -0.4 is 4.74 Å². The van der Waals surface area contributed by atoms with Gasteiger partial charge < -0.3 is 19.6 Å². The highest BCUT2D eigenvalue weighted by molar-refractivity contribution is 6.46. The number of likely N-dealkylation sites (tertiary alicyclic amines) is 1. The van der Waals surface area contributed by atoms with Gasteiger partial charge in [-0.3, -0.25) is 9.59 Å². The van der Waals surface area contributed by atoms with Crippen molar-refractivity contribution in [2.75, 3.05) is 33.8 Å². The maximum absolute atomic E-state index is 13.3. The molecule has 2 aromatic carbocycles. The molecule has 3 rings (SSSR count). The Morgan fingerprint density at radius 1 is 1.08 bits per heavy atom. The van der Waals surface area contributed by atoms with E-state index >= 15 is 0 Å². The first kappa shape index (κ1) is 27.5. The molecule has 2 aromatic rings. The summed E-state index contributed by atoms with van der Waals surface area (Å²) in [5, 5.41) is 11.4. The second-order valence-corrected chi connectivity index (χ2v) is 11.3. The van der Waals surface area contributed by atoms with Crippen molar-refractivity contribution in [2.24, 2.45) is 5.92 Å². The third-order valence-corrected chi connectivity index (χ3v) is 6.46. The lowest BCUT2D eigenvalue weighted by Gasteiger charge is -2.27. The third-order valence-electron chi connectivity index (χ3n) is 6.46. The zero-order valence-electron chi connectivity index (χ0n) is 22.9. The number of Topliss-reactive ketones (excluding diaryl/α,β-unsaturated/α-hetero) is 1. The first-order valence-corrected chi connectivity index (χ1v) is 12.6. The van der Waals surface area contributed by atoms with Crippen LogP contribution in [0, 0.1) is 12.8 Å². The van der Waals surface area contributed by atoms with Gasteiger partial charge in [0.25, 0.3) is 11.7 Å². The molecule has 1 saturated heterocycles. The van der Waals surface area contributed by atoms with Gasteiger partial charge in [0.15, 0.2) is 0 Å². The molecule has 1 unspecified atom stereocenters. The van der Waals surface area contributed by atoms with E-state index in [-0.39, 0.29) is 16.7 Å². The van der Waals surface area contributed by atoms with Crippen LogP contribution in [0.1, 0.15) is 62.9 Å². The summed E-state index contributed by atoms with van der Waals surface area (Å²) in [6.45, 7) is 14.0. The van der Waals surface area contributed by atoms with Gasteiger partial charge in [-0.05, 0) is 67.2 Å². The van der Waals surface area contributed by atoms with E-state index in [9.17, 15) is 14.7 Å². The fraction of sp³-hybridized carbons (Fsp3) is 0.467. The second-order valence-electron chi connectivity index (χ2n) is 11.3. The van der Waals surface area contributed by atoms with Crippen LogP contribution in [0.2, 0.25) is 0 Å². The molecule has 1 heterocycles. The molecule has 1 aliphatic heterocycles. The molecular weight excluding hydrogens is 452 g/mol. The average molecular weight is 493 g/mol. The molecule has 0 aromatic heterocycles. The van der Waals surface area contributed by atoms with E-state index in [0.29, 0.717) is 36.9 Å². The number of likely N-dealkylation sites (N-methyl/N-ethyl adjacent to an activating group) is 1. The molecule has 6 heteroatoms. The number of hydrogen-bond acceptors (Lipinski definition) is 5. The van der Waals surface area contributed by atoms with Crippen molar-refractivity contribution < 1.29 is 19.4 Å². The fourth-order valence-corrected chi connectivity index (χ4v) is 4.33. The van der Waals surface area contributed by atoms with Crippen molar-refractivity contribution in [1.29, 1.82) is 0 Å². The lowest BCUT2D eigenvalue weighted by molar-refractivity contribution is -0.140. The number of amides is 1. The molecule has 36 heavy (non-hydrogen) atoms. The van der Waals surface area contributed by atoms with E-state index in [1.54, 1.807) is 17.0 Å². The smallest absolute Gasteiger partial charge is 0.295 e. The molecule has 0 saturated carbocycles. The normalized spacial score (nSPS) is 17.9. The Morgan fingerprint density at radius 3 is 2.25 bits per heavy atom. The molecule has 1 fully saturated rings. The van der Waals surface area contributed by atoms with Gasteiger partial charge >= 0.3 is 0 Å². The summed E-state index contributed by atoms with van der Waals surface area (Å²) in [6.07, 6.45) is 0. The van der Waals surface area contributed by atoms with E-state index in [1.807, 2.05) is 56.3 Å². The number of carbonyl (C=O) groups is 2. The molecule has 1 amide bonds. The molecule has 1 aliphatic rings. The number of nitrogens with zero attached hydrogens (tertiary/aromatic N) is 2. The van der Waals surface area contributed by atoms with Crippen LogP contribution in [0.3, 0.4) is 0 Å². The van der Waals surface area contributed by atoms with Crippen LogP contribution in [0.25, 0.3) is 5.76 Å². The Labute approximate surface area is 215 Å². The van der Waals surface area contributed by atoms with Gasteiger partial charge in [-0.15, -0.1) is 0 Å². The number of ketones is 1. The minimum Gasteiger partial charge on any atom is -0.507 e. The van der Waals surface area contributed by atoms with Crippen molar-refractivity contribution >= 4 is 17.4 Å². The number of ether oxygens (including phenoxy) is 1.